The summed E-state index contributed by atoms with van der Waals surface area (Å²) < 4.78 is 12.5. The van der Waals surface area contributed by atoms with Gasteiger partial charge in [0.1, 0.15) is 17.6 Å². The van der Waals surface area contributed by atoms with Crippen LogP contribution >= 0.6 is 0 Å². The van der Waals surface area contributed by atoms with Gasteiger partial charge in [0.15, 0.2) is 0 Å². The van der Waals surface area contributed by atoms with Crippen molar-refractivity contribution in [3.63, 3.8) is 0 Å². The lowest BCUT2D eigenvalue weighted by molar-refractivity contribution is -0.162. The second kappa shape index (κ2) is 13.3. The molecule has 0 aromatic heterocycles. The molecule has 0 aliphatic carbocycles. The Morgan fingerprint density at radius 3 is 2.56 bits per heavy atom. The Balaban J connectivity index is 1.68. The highest BCUT2D eigenvalue weighted by Crippen LogP contribution is 2.65. The molecular formula is C33H46N2O6. The molecule has 8 heteroatoms. The first-order valence-electron chi connectivity index (χ1n) is 15.1. The van der Waals surface area contributed by atoms with Gasteiger partial charge in [-0.3, -0.25) is 14.4 Å². The van der Waals surface area contributed by atoms with Gasteiger partial charge >= 0.3 is 5.97 Å². The smallest absolute Gasteiger partial charge is 0.312 e. The van der Waals surface area contributed by atoms with E-state index >= 15 is 0 Å². The van der Waals surface area contributed by atoms with Crippen LogP contribution in [0, 0.1) is 17.8 Å². The molecule has 3 aliphatic heterocycles. The van der Waals surface area contributed by atoms with Crippen LogP contribution in [0.2, 0.25) is 0 Å². The molecule has 2 amide bonds. The number of hydrogen-bond acceptors (Lipinski definition) is 6. The van der Waals surface area contributed by atoms with E-state index in [-0.39, 0.29) is 30.9 Å². The molecule has 0 radical (unpaired) electrons. The molecule has 8 nitrogen and oxygen atoms in total. The van der Waals surface area contributed by atoms with Crippen LogP contribution < -0.4 is 0 Å². The average molecular weight is 567 g/mol. The summed E-state index contributed by atoms with van der Waals surface area (Å²) in [6.45, 7) is 13.0. The fourth-order valence-electron chi connectivity index (χ4n) is 7.22. The van der Waals surface area contributed by atoms with Gasteiger partial charge in [-0.25, -0.2) is 0 Å². The number of carbonyl (C=O) groups excluding carboxylic acids is 3. The highest BCUT2D eigenvalue weighted by molar-refractivity contribution is 5.98. The van der Waals surface area contributed by atoms with Gasteiger partial charge in [-0.05, 0) is 50.5 Å². The molecular weight excluding hydrogens is 520 g/mol. The number of esters is 1. The fourth-order valence-corrected chi connectivity index (χ4v) is 7.22. The van der Waals surface area contributed by atoms with Crippen molar-refractivity contribution in [3.05, 3.63) is 61.2 Å². The van der Waals surface area contributed by atoms with Crippen molar-refractivity contribution in [2.45, 2.75) is 82.6 Å². The summed E-state index contributed by atoms with van der Waals surface area (Å²) in [5, 5.41) is 9.18. The first-order valence-corrected chi connectivity index (χ1v) is 15.1. The zero-order chi connectivity index (χ0) is 29.6. The molecule has 3 fully saturated rings. The van der Waals surface area contributed by atoms with Crippen LogP contribution in [0.25, 0.3) is 0 Å². The number of fused-ring (bicyclic) bond motifs is 1. The molecule has 224 valence electrons. The second-order valence-electron chi connectivity index (χ2n) is 12.0. The SMILES string of the molecule is C=CCCCOC(=O)[C@@H]1[C@H]2C(=O)N(CCCCCCO)C(C(=O)N(CC=C)Cc3ccccc3)C23CC(C)[C@@]1(C)O3. The molecule has 4 rings (SSSR count). The Bertz CT molecular complexity index is 1110. The summed E-state index contributed by atoms with van der Waals surface area (Å²) in [5.74, 6) is -2.40. The molecule has 2 bridgehead atoms. The Morgan fingerprint density at radius 2 is 1.88 bits per heavy atom. The summed E-state index contributed by atoms with van der Waals surface area (Å²) in [4.78, 5) is 45.8. The number of rotatable bonds is 16. The number of hydrogen-bond donors (Lipinski definition) is 1. The lowest BCUT2D eigenvalue weighted by Crippen LogP contribution is -2.56. The van der Waals surface area contributed by atoms with Crippen LogP contribution in [0.3, 0.4) is 0 Å². The molecule has 3 heterocycles. The van der Waals surface area contributed by atoms with Crippen molar-refractivity contribution in [2.75, 3.05) is 26.3 Å². The van der Waals surface area contributed by atoms with Crippen LogP contribution in [-0.2, 0) is 30.4 Å². The van der Waals surface area contributed by atoms with Gasteiger partial charge in [0.25, 0.3) is 0 Å². The summed E-state index contributed by atoms with van der Waals surface area (Å²) in [6.07, 6.45) is 8.46. The maximum Gasteiger partial charge on any atom is 0.312 e. The minimum Gasteiger partial charge on any atom is -0.465 e. The van der Waals surface area contributed by atoms with E-state index in [1.54, 1.807) is 22.0 Å². The van der Waals surface area contributed by atoms with E-state index in [2.05, 4.69) is 13.2 Å². The molecule has 41 heavy (non-hydrogen) atoms. The van der Waals surface area contributed by atoms with Gasteiger partial charge in [-0.15, -0.1) is 13.2 Å². The third kappa shape index (κ3) is 5.86. The number of aliphatic hydroxyl groups excluding tert-OH is 1. The average Bonchev–Trinajstić information content (AvgIpc) is 3.47. The molecule has 3 saturated heterocycles. The molecule has 6 atom stereocenters. The number of benzene rings is 1. The summed E-state index contributed by atoms with van der Waals surface area (Å²) >= 11 is 0. The Morgan fingerprint density at radius 1 is 1.15 bits per heavy atom. The number of amides is 2. The largest absolute Gasteiger partial charge is 0.465 e. The van der Waals surface area contributed by atoms with E-state index in [0.717, 1.165) is 24.8 Å². The predicted octanol–water partition coefficient (Wildman–Crippen LogP) is 4.27. The summed E-state index contributed by atoms with van der Waals surface area (Å²) in [6, 6.07) is 8.92. The third-order valence-electron chi connectivity index (χ3n) is 9.28. The Labute approximate surface area is 244 Å². The van der Waals surface area contributed by atoms with Crippen LogP contribution in [0.15, 0.2) is 55.6 Å². The second-order valence-corrected chi connectivity index (χ2v) is 12.0. The number of nitrogens with zero attached hydrogens (tertiary/aromatic N) is 2. The van der Waals surface area contributed by atoms with Crippen molar-refractivity contribution in [3.8, 4) is 0 Å². The van der Waals surface area contributed by atoms with E-state index in [4.69, 9.17) is 9.47 Å². The standard InChI is InChI=1S/C33H46N2O6/c1-5-7-15-21-40-31(39)27-26-29(37)35(19-13-8-9-14-20-36)28(33(26)22-24(3)32(27,4)41-33)30(38)34(18-6-2)23-25-16-11-10-12-17-25/h5-6,10-12,16-17,24,26-28,36H,1-2,7-9,13-15,18-23H2,3-4H3/t24?,26-,27-,28?,32+,33?/m0/s1. The summed E-state index contributed by atoms with van der Waals surface area (Å²) in [7, 11) is 0. The third-order valence-corrected chi connectivity index (χ3v) is 9.28. The Kier molecular flexibility index (Phi) is 10.1. The molecule has 1 spiro atoms. The molecule has 3 aliphatic rings. The zero-order valence-corrected chi connectivity index (χ0v) is 24.6. The van der Waals surface area contributed by atoms with E-state index < -0.39 is 35.0 Å². The highest BCUT2D eigenvalue weighted by atomic mass is 16.6. The monoisotopic (exact) mass is 566 g/mol. The lowest BCUT2D eigenvalue weighted by atomic mass is 9.62. The van der Waals surface area contributed by atoms with Gasteiger partial charge in [0.05, 0.1) is 18.1 Å². The van der Waals surface area contributed by atoms with Crippen molar-refractivity contribution < 1.29 is 29.0 Å². The molecule has 1 aromatic rings. The van der Waals surface area contributed by atoms with Crippen LogP contribution in [0.5, 0.6) is 0 Å². The van der Waals surface area contributed by atoms with Crippen molar-refractivity contribution >= 4 is 17.8 Å². The summed E-state index contributed by atoms with van der Waals surface area (Å²) in [5.41, 5.74) is -1.02. The van der Waals surface area contributed by atoms with Crippen molar-refractivity contribution in [1.82, 2.24) is 9.80 Å². The van der Waals surface area contributed by atoms with Gasteiger partial charge < -0.3 is 24.4 Å². The maximum atomic E-state index is 14.5. The van der Waals surface area contributed by atoms with Gasteiger partial charge in [0.2, 0.25) is 11.8 Å². The fraction of sp³-hybridized carbons (Fsp3) is 0.606. The normalized spacial score (nSPS) is 29.8. The van der Waals surface area contributed by atoms with Crippen LogP contribution in [0.4, 0.5) is 0 Å². The topological polar surface area (TPSA) is 96.4 Å². The first kappa shape index (κ1) is 31.0. The maximum absolute atomic E-state index is 14.5. The molecule has 0 saturated carbocycles. The Hall–Kier alpha value is -2.97. The number of allylic oxidation sites excluding steroid dienone is 1. The van der Waals surface area contributed by atoms with E-state index in [9.17, 15) is 19.5 Å². The molecule has 3 unspecified atom stereocenters. The molecule has 1 N–H and O–H groups in total. The minimum absolute atomic E-state index is 0.0425. The quantitative estimate of drug-likeness (QED) is 0.182. The number of unbranched alkanes of at least 4 members (excludes halogenated alkanes) is 4. The van der Waals surface area contributed by atoms with E-state index in [1.807, 2.05) is 44.2 Å². The number of carbonyl (C=O) groups is 3. The van der Waals surface area contributed by atoms with Crippen molar-refractivity contribution in [1.29, 1.82) is 0 Å². The van der Waals surface area contributed by atoms with Gasteiger partial charge in [0, 0.05) is 26.2 Å². The number of aliphatic hydroxyl groups is 1. The van der Waals surface area contributed by atoms with E-state index in [0.29, 0.717) is 45.3 Å². The van der Waals surface area contributed by atoms with Gasteiger partial charge in [-0.1, -0.05) is 62.2 Å². The zero-order valence-electron chi connectivity index (χ0n) is 24.6. The lowest BCUT2D eigenvalue weighted by Gasteiger charge is -2.37. The van der Waals surface area contributed by atoms with Crippen LogP contribution in [-0.4, -0.2) is 76.2 Å². The predicted molar refractivity (Wildman–Crippen MR) is 156 cm³/mol. The highest BCUT2D eigenvalue weighted by Gasteiger charge is 2.80. The molecule has 1 aromatic carbocycles. The number of likely N-dealkylation sites (tertiary alicyclic amines) is 1. The number of ether oxygens (including phenoxy) is 2. The van der Waals surface area contributed by atoms with E-state index in [1.165, 1.54) is 0 Å². The van der Waals surface area contributed by atoms with Crippen LogP contribution in [0.1, 0.15) is 64.4 Å². The van der Waals surface area contributed by atoms with Gasteiger partial charge in [-0.2, -0.15) is 0 Å². The minimum atomic E-state index is -1.10. The van der Waals surface area contributed by atoms with Crippen molar-refractivity contribution in [2.24, 2.45) is 17.8 Å². The first-order chi connectivity index (χ1) is 19.7.